The third-order valence-corrected chi connectivity index (χ3v) is 2.34. The molecule has 1 rings (SSSR count). The first-order valence-electron chi connectivity index (χ1n) is 3.73. The predicted octanol–water partition coefficient (Wildman–Crippen LogP) is 2.90. The molecule has 0 saturated carbocycles. The van der Waals surface area contributed by atoms with Gasteiger partial charge in [0.25, 0.3) is 6.43 Å². The maximum Gasteiger partial charge on any atom is 0.265 e. The van der Waals surface area contributed by atoms with Crippen LogP contribution in [0.15, 0.2) is 6.07 Å². The van der Waals surface area contributed by atoms with Crippen molar-refractivity contribution in [3.05, 3.63) is 28.0 Å². The van der Waals surface area contributed by atoms with Gasteiger partial charge in [0.2, 0.25) is 0 Å². The highest BCUT2D eigenvalue weighted by atomic mass is 35.5. The molecular formula is C8H7Cl2F2NO. The number of aliphatic hydroxyl groups excluding tert-OH is 1. The molecule has 0 unspecified atom stereocenters. The number of aliphatic hydroxyl groups is 1. The van der Waals surface area contributed by atoms with Crippen molar-refractivity contribution in [3.8, 4) is 0 Å². The number of rotatable bonds is 3. The Labute approximate surface area is 89.5 Å². The quantitative estimate of drug-likeness (QED) is 0.826. The Kier molecular flexibility index (Phi) is 4.04. The van der Waals surface area contributed by atoms with Gasteiger partial charge in [0, 0.05) is 5.56 Å². The molecule has 6 heteroatoms. The highest BCUT2D eigenvalue weighted by molar-refractivity contribution is 6.32. The Morgan fingerprint density at radius 2 is 2.14 bits per heavy atom. The summed E-state index contributed by atoms with van der Waals surface area (Å²) in [5.74, 6) is 0.00386. The molecule has 0 radical (unpaired) electrons. The molecule has 1 heterocycles. The second-order valence-electron chi connectivity index (χ2n) is 2.56. The van der Waals surface area contributed by atoms with Crippen LogP contribution in [0.2, 0.25) is 5.02 Å². The number of hydrogen-bond acceptors (Lipinski definition) is 2. The zero-order chi connectivity index (χ0) is 10.7. The summed E-state index contributed by atoms with van der Waals surface area (Å²) in [7, 11) is 0. The van der Waals surface area contributed by atoms with Crippen LogP contribution < -0.4 is 0 Å². The number of hydrogen-bond donors (Lipinski definition) is 1. The standard InChI is InChI=1S/C8H7Cl2F2NO/c9-2-4-1-5(8(11)12)7(10)6(3-14)13-4/h1,8,14H,2-3H2. The SMILES string of the molecule is OCc1nc(CCl)cc(C(F)F)c1Cl. The molecule has 78 valence electrons. The van der Waals surface area contributed by atoms with E-state index in [2.05, 4.69) is 4.98 Å². The van der Waals surface area contributed by atoms with Crippen LogP contribution in [-0.4, -0.2) is 10.1 Å². The zero-order valence-electron chi connectivity index (χ0n) is 6.98. The molecule has 0 fully saturated rings. The van der Waals surface area contributed by atoms with Gasteiger partial charge in [-0.15, -0.1) is 11.6 Å². The van der Waals surface area contributed by atoms with Gasteiger partial charge in [-0.05, 0) is 6.07 Å². The summed E-state index contributed by atoms with van der Waals surface area (Å²) in [6.45, 7) is -0.483. The van der Waals surface area contributed by atoms with Crippen LogP contribution in [-0.2, 0) is 12.5 Å². The zero-order valence-corrected chi connectivity index (χ0v) is 8.49. The fourth-order valence-corrected chi connectivity index (χ4v) is 1.37. The molecule has 2 nitrogen and oxygen atoms in total. The minimum Gasteiger partial charge on any atom is -0.390 e. The van der Waals surface area contributed by atoms with Crippen molar-refractivity contribution in [1.29, 1.82) is 0 Å². The van der Waals surface area contributed by atoms with E-state index in [0.29, 0.717) is 0 Å². The normalized spacial score (nSPS) is 11.0. The fourth-order valence-electron chi connectivity index (χ4n) is 0.996. The smallest absolute Gasteiger partial charge is 0.265 e. The summed E-state index contributed by atoms with van der Waals surface area (Å²) in [6, 6.07) is 1.14. The molecule has 0 aliphatic rings. The fraction of sp³-hybridized carbons (Fsp3) is 0.375. The minimum absolute atomic E-state index is 0.00386. The lowest BCUT2D eigenvalue weighted by Gasteiger charge is -2.08. The number of aromatic nitrogens is 1. The van der Waals surface area contributed by atoms with E-state index in [-0.39, 0.29) is 27.9 Å². The summed E-state index contributed by atoms with van der Waals surface area (Å²) < 4.78 is 24.8. The van der Waals surface area contributed by atoms with Gasteiger partial charge in [0.15, 0.2) is 0 Å². The number of pyridine rings is 1. The van der Waals surface area contributed by atoms with Gasteiger partial charge >= 0.3 is 0 Å². The Morgan fingerprint density at radius 3 is 2.57 bits per heavy atom. The van der Waals surface area contributed by atoms with Crippen molar-refractivity contribution in [1.82, 2.24) is 4.98 Å². The first kappa shape index (κ1) is 11.6. The van der Waals surface area contributed by atoms with Crippen LogP contribution in [0, 0.1) is 0 Å². The van der Waals surface area contributed by atoms with Crippen molar-refractivity contribution >= 4 is 23.2 Å². The summed E-state index contributed by atoms with van der Waals surface area (Å²) in [6.07, 6.45) is -2.70. The van der Waals surface area contributed by atoms with Gasteiger partial charge in [0.1, 0.15) is 0 Å². The molecule has 0 aliphatic carbocycles. The van der Waals surface area contributed by atoms with Crippen LogP contribution in [0.4, 0.5) is 8.78 Å². The molecule has 0 aromatic carbocycles. The van der Waals surface area contributed by atoms with Crippen molar-refractivity contribution < 1.29 is 13.9 Å². The lowest BCUT2D eigenvalue weighted by Crippen LogP contribution is -2.00. The van der Waals surface area contributed by atoms with Gasteiger partial charge in [-0.25, -0.2) is 8.78 Å². The molecule has 0 aliphatic heterocycles. The Bertz CT molecular complexity index is 333. The van der Waals surface area contributed by atoms with Gasteiger partial charge < -0.3 is 5.11 Å². The minimum atomic E-state index is -2.70. The van der Waals surface area contributed by atoms with E-state index in [1.54, 1.807) is 0 Å². The molecule has 0 atom stereocenters. The molecule has 0 bridgehead atoms. The van der Waals surface area contributed by atoms with Crippen LogP contribution in [0.1, 0.15) is 23.4 Å². The predicted molar refractivity (Wildman–Crippen MR) is 49.7 cm³/mol. The summed E-state index contributed by atoms with van der Waals surface area (Å²) in [5, 5.41) is 8.61. The molecule has 1 N–H and O–H groups in total. The van der Waals surface area contributed by atoms with Crippen molar-refractivity contribution in [3.63, 3.8) is 0 Å². The third kappa shape index (κ3) is 2.32. The van der Waals surface area contributed by atoms with Crippen LogP contribution in [0.3, 0.4) is 0 Å². The Morgan fingerprint density at radius 1 is 1.50 bits per heavy atom. The lowest BCUT2D eigenvalue weighted by atomic mass is 10.2. The molecule has 1 aromatic rings. The molecule has 0 spiro atoms. The number of alkyl halides is 3. The second kappa shape index (κ2) is 4.87. The van der Waals surface area contributed by atoms with Crippen LogP contribution >= 0.6 is 23.2 Å². The van der Waals surface area contributed by atoms with E-state index in [0.717, 1.165) is 6.07 Å². The molecule has 0 amide bonds. The van der Waals surface area contributed by atoms with E-state index >= 15 is 0 Å². The average molecular weight is 242 g/mol. The number of halogens is 4. The topological polar surface area (TPSA) is 33.1 Å². The van der Waals surface area contributed by atoms with E-state index in [1.807, 2.05) is 0 Å². The Hall–Kier alpha value is -0.450. The highest BCUT2D eigenvalue weighted by Gasteiger charge is 2.17. The van der Waals surface area contributed by atoms with Gasteiger partial charge in [-0.2, -0.15) is 0 Å². The molecule has 1 aromatic heterocycles. The molecule has 0 saturated heterocycles. The maximum atomic E-state index is 12.4. The van der Waals surface area contributed by atoms with E-state index in [1.165, 1.54) is 0 Å². The lowest BCUT2D eigenvalue weighted by molar-refractivity contribution is 0.151. The Balaban J connectivity index is 3.27. The van der Waals surface area contributed by atoms with E-state index in [9.17, 15) is 8.78 Å². The van der Waals surface area contributed by atoms with Crippen LogP contribution in [0.25, 0.3) is 0 Å². The first-order valence-corrected chi connectivity index (χ1v) is 4.64. The first-order chi connectivity index (χ1) is 6.60. The van der Waals surface area contributed by atoms with E-state index in [4.69, 9.17) is 28.3 Å². The summed E-state index contributed by atoms with van der Waals surface area (Å²) >= 11 is 11.0. The third-order valence-electron chi connectivity index (χ3n) is 1.63. The van der Waals surface area contributed by atoms with Gasteiger partial charge in [-0.3, -0.25) is 4.98 Å². The second-order valence-corrected chi connectivity index (χ2v) is 3.20. The summed E-state index contributed by atoms with van der Waals surface area (Å²) in [4.78, 5) is 3.81. The van der Waals surface area contributed by atoms with Gasteiger partial charge in [-0.1, -0.05) is 11.6 Å². The van der Waals surface area contributed by atoms with Crippen LogP contribution in [0.5, 0.6) is 0 Å². The van der Waals surface area contributed by atoms with Crippen molar-refractivity contribution in [2.75, 3.05) is 0 Å². The average Bonchev–Trinajstić information content (AvgIpc) is 2.17. The molecule has 14 heavy (non-hydrogen) atoms. The monoisotopic (exact) mass is 241 g/mol. The van der Waals surface area contributed by atoms with Gasteiger partial charge in [0.05, 0.1) is 28.9 Å². The van der Waals surface area contributed by atoms with Crippen molar-refractivity contribution in [2.24, 2.45) is 0 Å². The molecular weight excluding hydrogens is 235 g/mol. The summed E-state index contributed by atoms with van der Waals surface area (Å²) in [5.41, 5.74) is -0.0445. The van der Waals surface area contributed by atoms with Crippen molar-refractivity contribution in [2.45, 2.75) is 18.9 Å². The number of nitrogens with zero attached hydrogens (tertiary/aromatic N) is 1. The van der Waals surface area contributed by atoms with E-state index < -0.39 is 13.0 Å². The highest BCUT2D eigenvalue weighted by Crippen LogP contribution is 2.30. The maximum absolute atomic E-state index is 12.4. The largest absolute Gasteiger partial charge is 0.390 e.